The molecule has 1 aromatic rings. The van der Waals surface area contributed by atoms with Crippen molar-refractivity contribution in [2.45, 2.75) is 19.4 Å². The molecule has 0 radical (unpaired) electrons. The van der Waals surface area contributed by atoms with Crippen molar-refractivity contribution in [1.82, 2.24) is 14.5 Å². The van der Waals surface area contributed by atoms with E-state index in [1.54, 1.807) is 22.7 Å². The van der Waals surface area contributed by atoms with Crippen LogP contribution in [0, 0.1) is 6.92 Å². The smallest absolute Gasteiger partial charge is 0.246 e. The van der Waals surface area contributed by atoms with Gasteiger partial charge < -0.3 is 4.74 Å². The van der Waals surface area contributed by atoms with Gasteiger partial charge in [0.15, 0.2) is 0 Å². The number of carbonyl (C=O) groups excluding carboxylic acids is 1. The third-order valence-electron chi connectivity index (χ3n) is 3.34. The lowest BCUT2D eigenvalue weighted by atomic mass is 10.3. The highest BCUT2D eigenvalue weighted by atomic mass is 32.2. The van der Waals surface area contributed by atoms with E-state index in [2.05, 4.69) is 9.82 Å². The molecule has 1 aliphatic heterocycles. The van der Waals surface area contributed by atoms with Crippen molar-refractivity contribution in [3.63, 3.8) is 0 Å². The summed E-state index contributed by atoms with van der Waals surface area (Å²) in [5, 5.41) is 4.20. The lowest BCUT2D eigenvalue weighted by molar-refractivity contribution is -0.118. The summed E-state index contributed by atoms with van der Waals surface area (Å²) in [7, 11) is -0.327. The number of hydrogen-bond donors (Lipinski definition) is 1. The Bertz CT molecular complexity index is 625. The molecule has 9 heteroatoms. The van der Waals surface area contributed by atoms with Crippen LogP contribution in [0.25, 0.3) is 0 Å². The predicted octanol–water partition coefficient (Wildman–Crippen LogP) is -0.600. The number of aromatic nitrogens is 2. The third-order valence-corrected chi connectivity index (χ3v) is 4.69. The SMILES string of the molecule is COCCS(=O)(=O)NC1CCN(c2cc(C)nn2C)C1=O. The van der Waals surface area contributed by atoms with E-state index in [1.807, 2.05) is 6.92 Å². The maximum Gasteiger partial charge on any atom is 0.246 e. The van der Waals surface area contributed by atoms with Crippen LogP contribution < -0.4 is 9.62 Å². The standard InChI is InChI=1S/C12H20N4O4S/c1-9-8-11(15(2)13-9)16-5-4-10(12(16)17)14-21(18,19)7-6-20-3/h8,10,14H,4-7H2,1-3H3. The van der Waals surface area contributed by atoms with Gasteiger partial charge in [-0.3, -0.25) is 14.4 Å². The number of nitrogens with zero attached hydrogens (tertiary/aromatic N) is 3. The summed E-state index contributed by atoms with van der Waals surface area (Å²) < 4.78 is 32.5. The fraction of sp³-hybridized carbons (Fsp3) is 0.667. The summed E-state index contributed by atoms with van der Waals surface area (Å²) >= 11 is 0. The number of anilines is 1. The first kappa shape index (κ1) is 15.9. The minimum absolute atomic E-state index is 0.0981. The molecule has 1 atom stereocenters. The van der Waals surface area contributed by atoms with Crippen LogP contribution in [0.15, 0.2) is 6.07 Å². The molecule has 0 aromatic carbocycles. The highest BCUT2D eigenvalue weighted by Gasteiger charge is 2.36. The molecule has 0 spiro atoms. The molecule has 1 fully saturated rings. The molecule has 0 bridgehead atoms. The molecular formula is C12H20N4O4S. The zero-order valence-electron chi connectivity index (χ0n) is 12.4. The van der Waals surface area contributed by atoms with E-state index in [0.717, 1.165) is 5.69 Å². The lowest BCUT2D eigenvalue weighted by Gasteiger charge is -2.17. The Balaban J connectivity index is 2.07. The average molecular weight is 316 g/mol. The Hall–Kier alpha value is -1.45. The fourth-order valence-electron chi connectivity index (χ4n) is 2.34. The summed E-state index contributed by atoms with van der Waals surface area (Å²) in [6, 6.07) is 1.08. The molecule has 1 aliphatic rings. The normalized spacial score (nSPS) is 19.5. The van der Waals surface area contributed by atoms with Crippen molar-refractivity contribution in [3.05, 3.63) is 11.8 Å². The lowest BCUT2D eigenvalue weighted by Crippen LogP contribution is -2.43. The number of methoxy groups -OCH3 is 1. The first-order valence-electron chi connectivity index (χ1n) is 6.65. The van der Waals surface area contributed by atoms with Gasteiger partial charge >= 0.3 is 0 Å². The Morgan fingerprint density at radius 2 is 2.24 bits per heavy atom. The summed E-state index contributed by atoms with van der Waals surface area (Å²) in [4.78, 5) is 13.9. The summed E-state index contributed by atoms with van der Waals surface area (Å²) in [6.07, 6.45) is 0.440. The van der Waals surface area contributed by atoms with Crippen LogP contribution in [0.1, 0.15) is 12.1 Å². The average Bonchev–Trinajstić information content (AvgIpc) is 2.90. The molecule has 8 nitrogen and oxygen atoms in total. The summed E-state index contributed by atoms with van der Waals surface area (Å²) in [5.74, 6) is 0.271. The molecule has 2 rings (SSSR count). The van der Waals surface area contributed by atoms with Gasteiger partial charge in [0.05, 0.1) is 18.1 Å². The van der Waals surface area contributed by atoms with Crippen molar-refractivity contribution in [2.75, 3.05) is 30.9 Å². The first-order chi connectivity index (χ1) is 9.84. The van der Waals surface area contributed by atoms with Gasteiger partial charge in [-0.1, -0.05) is 0 Å². The highest BCUT2D eigenvalue weighted by molar-refractivity contribution is 7.89. The van der Waals surface area contributed by atoms with Crippen LogP contribution in [-0.4, -0.2) is 56.2 Å². The Kier molecular flexibility index (Phi) is 4.64. The van der Waals surface area contributed by atoms with E-state index < -0.39 is 16.1 Å². The van der Waals surface area contributed by atoms with E-state index in [1.165, 1.54) is 7.11 Å². The number of nitrogens with one attached hydrogen (secondary N) is 1. The number of hydrogen-bond acceptors (Lipinski definition) is 5. The first-order valence-corrected chi connectivity index (χ1v) is 8.30. The Morgan fingerprint density at radius 3 is 2.81 bits per heavy atom. The molecule has 1 unspecified atom stereocenters. The quantitative estimate of drug-likeness (QED) is 0.756. The van der Waals surface area contributed by atoms with Gasteiger partial charge in [0.25, 0.3) is 0 Å². The second-order valence-electron chi connectivity index (χ2n) is 5.03. The molecule has 0 aliphatic carbocycles. The van der Waals surface area contributed by atoms with Crippen LogP contribution in [0.3, 0.4) is 0 Å². The van der Waals surface area contributed by atoms with Gasteiger partial charge in [-0.05, 0) is 13.3 Å². The molecule has 1 aromatic heterocycles. The topological polar surface area (TPSA) is 93.5 Å². The van der Waals surface area contributed by atoms with Crippen LogP contribution in [-0.2, 0) is 26.6 Å². The predicted molar refractivity (Wildman–Crippen MR) is 77.5 cm³/mol. The summed E-state index contributed by atoms with van der Waals surface area (Å²) in [6.45, 7) is 2.41. The van der Waals surface area contributed by atoms with E-state index >= 15 is 0 Å². The van der Waals surface area contributed by atoms with Crippen molar-refractivity contribution in [1.29, 1.82) is 0 Å². The van der Waals surface area contributed by atoms with Crippen molar-refractivity contribution >= 4 is 21.7 Å². The zero-order chi connectivity index (χ0) is 15.6. The molecular weight excluding hydrogens is 296 g/mol. The van der Waals surface area contributed by atoms with Gasteiger partial charge in [-0.2, -0.15) is 5.10 Å². The van der Waals surface area contributed by atoms with Crippen molar-refractivity contribution in [3.8, 4) is 0 Å². The van der Waals surface area contributed by atoms with E-state index in [4.69, 9.17) is 4.74 Å². The van der Waals surface area contributed by atoms with Gasteiger partial charge in [-0.15, -0.1) is 0 Å². The number of ether oxygens (including phenoxy) is 1. The number of aryl methyl sites for hydroxylation is 2. The third kappa shape index (κ3) is 3.60. The van der Waals surface area contributed by atoms with Crippen LogP contribution >= 0.6 is 0 Å². The number of amides is 1. The second-order valence-corrected chi connectivity index (χ2v) is 6.90. The fourth-order valence-corrected chi connectivity index (χ4v) is 3.49. The molecule has 21 heavy (non-hydrogen) atoms. The molecule has 2 heterocycles. The number of sulfonamides is 1. The maximum absolute atomic E-state index is 12.3. The highest BCUT2D eigenvalue weighted by Crippen LogP contribution is 2.22. The van der Waals surface area contributed by atoms with Crippen LogP contribution in [0.5, 0.6) is 0 Å². The van der Waals surface area contributed by atoms with E-state index in [0.29, 0.717) is 18.8 Å². The minimum atomic E-state index is -3.52. The molecule has 1 saturated heterocycles. The van der Waals surface area contributed by atoms with Gasteiger partial charge in [0.2, 0.25) is 15.9 Å². The molecule has 0 saturated carbocycles. The Morgan fingerprint density at radius 1 is 1.52 bits per heavy atom. The van der Waals surface area contributed by atoms with E-state index in [-0.39, 0.29) is 18.3 Å². The molecule has 1 N–H and O–H groups in total. The molecule has 1 amide bonds. The summed E-state index contributed by atoms with van der Waals surface area (Å²) in [5.41, 5.74) is 0.810. The van der Waals surface area contributed by atoms with Gasteiger partial charge in [-0.25, -0.2) is 13.1 Å². The minimum Gasteiger partial charge on any atom is -0.384 e. The Labute approximate surface area is 124 Å². The monoisotopic (exact) mass is 316 g/mol. The van der Waals surface area contributed by atoms with E-state index in [9.17, 15) is 13.2 Å². The van der Waals surface area contributed by atoms with Crippen LogP contribution in [0.2, 0.25) is 0 Å². The maximum atomic E-state index is 12.3. The zero-order valence-corrected chi connectivity index (χ0v) is 13.2. The number of rotatable bonds is 6. The van der Waals surface area contributed by atoms with Gasteiger partial charge in [0.1, 0.15) is 11.9 Å². The van der Waals surface area contributed by atoms with Crippen LogP contribution in [0.4, 0.5) is 5.82 Å². The van der Waals surface area contributed by atoms with Gasteiger partial charge in [0, 0.05) is 26.8 Å². The largest absolute Gasteiger partial charge is 0.384 e. The second kappa shape index (κ2) is 6.12. The molecule has 118 valence electrons. The number of carbonyl (C=O) groups is 1. The van der Waals surface area contributed by atoms with Crippen molar-refractivity contribution < 1.29 is 17.9 Å². The van der Waals surface area contributed by atoms with Crippen molar-refractivity contribution in [2.24, 2.45) is 7.05 Å².